The van der Waals surface area contributed by atoms with E-state index in [0.717, 1.165) is 12.2 Å². The molecule has 1 aliphatic heterocycles. The van der Waals surface area contributed by atoms with Crippen LogP contribution < -0.4 is 0 Å². The third-order valence-electron chi connectivity index (χ3n) is 1.01. The smallest absolute Gasteiger partial charge is 0.338 e. The molecule has 0 aromatic heterocycles. The molecule has 0 unspecified atom stereocenters. The van der Waals surface area contributed by atoms with Gasteiger partial charge in [-0.05, 0) is 6.92 Å². The number of esters is 2. The Hall–Kier alpha value is -1.91. The standard InChI is InChI=1S/C5H8O2.C4H2O3/c1-4(2)3-5(6)7;5-3-1-2-4(6)7-3/h1,3H2,2H3,(H,6,7);1-2H. The maximum absolute atomic E-state index is 9.92. The van der Waals surface area contributed by atoms with E-state index < -0.39 is 17.9 Å². The van der Waals surface area contributed by atoms with Crippen LogP contribution in [0.15, 0.2) is 24.3 Å². The van der Waals surface area contributed by atoms with Crippen LogP contribution in [0.3, 0.4) is 0 Å². The van der Waals surface area contributed by atoms with Gasteiger partial charge < -0.3 is 9.84 Å². The second kappa shape index (κ2) is 5.69. The van der Waals surface area contributed by atoms with Gasteiger partial charge in [0.05, 0.1) is 6.42 Å². The average molecular weight is 198 g/mol. The lowest BCUT2D eigenvalue weighted by molar-refractivity contribution is -0.150. The van der Waals surface area contributed by atoms with E-state index in [-0.39, 0.29) is 6.42 Å². The molecule has 0 fully saturated rings. The fourth-order valence-electron chi connectivity index (χ4n) is 0.561. The minimum atomic E-state index is -0.812. The van der Waals surface area contributed by atoms with Crippen molar-refractivity contribution in [1.29, 1.82) is 0 Å². The molecule has 1 N–H and O–H groups in total. The molecule has 5 nitrogen and oxygen atoms in total. The number of cyclic esters (lactones) is 2. The summed E-state index contributed by atoms with van der Waals surface area (Å²) in [4.78, 5) is 29.6. The summed E-state index contributed by atoms with van der Waals surface area (Å²) in [7, 11) is 0. The molecule has 0 radical (unpaired) electrons. The van der Waals surface area contributed by atoms with Crippen molar-refractivity contribution in [2.45, 2.75) is 13.3 Å². The number of carboxylic acid groups (broad SMARTS) is 1. The molecule has 0 aromatic rings. The number of carbonyl (C=O) groups excluding carboxylic acids is 2. The van der Waals surface area contributed by atoms with E-state index >= 15 is 0 Å². The van der Waals surface area contributed by atoms with E-state index in [1.807, 2.05) is 0 Å². The zero-order chi connectivity index (χ0) is 11.1. The van der Waals surface area contributed by atoms with Gasteiger partial charge in [-0.3, -0.25) is 4.79 Å². The Balaban J connectivity index is 0.000000241. The molecule has 1 heterocycles. The number of rotatable bonds is 2. The zero-order valence-electron chi connectivity index (χ0n) is 7.65. The molecular formula is C9H10O5. The summed E-state index contributed by atoms with van der Waals surface area (Å²) >= 11 is 0. The minimum Gasteiger partial charge on any atom is -0.481 e. The molecule has 1 rings (SSSR count). The van der Waals surface area contributed by atoms with E-state index in [4.69, 9.17) is 5.11 Å². The van der Waals surface area contributed by atoms with Gasteiger partial charge in [0.2, 0.25) is 0 Å². The van der Waals surface area contributed by atoms with Crippen LogP contribution in [-0.4, -0.2) is 23.0 Å². The Labute approximate surface area is 80.7 Å². The third-order valence-corrected chi connectivity index (χ3v) is 1.01. The summed E-state index contributed by atoms with van der Waals surface area (Å²) in [6.07, 6.45) is 2.25. The largest absolute Gasteiger partial charge is 0.481 e. The number of ether oxygens (including phenoxy) is 1. The topological polar surface area (TPSA) is 80.7 Å². The monoisotopic (exact) mass is 198 g/mol. The van der Waals surface area contributed by atoms with Crippen molar-refractivity contribution in [1.82, 2.24) is 0 Å². The van der Waals surface area contributed by atoms with Crippen molar-refractivity contribution in [2.24, 2.45) is 0 Å². The van der Waals surface area contributed by atoms with Crippen LogP contribution in [0.1, 0.15) is 13.3 Å². The number of carbonyl (C=O) groups is 3. The van der Waals surface area contributed by atoms with E-state index in [9.17, 15) is 14.4 Å². The van der Waals surface area contributed by atoms with Crippen LogP contribution in [-0.2, 0) is 19.1 Å². The number of aliphatic carboxylic acids is 1. The van der Waals surface area contributed by atoms with Gasteiger partial charge in [-0.2, -0.15) is 0 Å². The van der Waals surface area contributed by atoms with Crippen LogP contribution in [0.5, 0.6) is 0 Å². The van der Waals surface area contributed by atoms with Gasteiger partial charge in [0.15, 0.2) is 0 Å². The highest BCUT2D eigenvalue weighted by atomic mass is 16.6. The Kier molecular flexibility index (Phi) is 4.91. The average Bonchev–Trinajstić information content (AvgIpc) is 2.32. The van der Waals surface area contributed by atoms with Crippen molar-refractivity contribution < 1.29 is 24.2 Å². The first-order valence-electron chi connectivity index (χ1n) is 3.72. The quantitative estimate of drug-likeness (QED) is 0.400. The molecule has 5 heteroatoms. The lowest BCUT2D eigenvalue weighted by Gasteiger charge is -1.86. The number of hydrogen-bond donors (Lipinski definition) is 1. The van der Waals surface area contributed by atoms with Crippen molar-refractivity contribution in [3.05, 3.63) is 24.3 Å². The molecule has 14 heavy (non-hydrogen) atoms. The van der Waals surface area contributed by atoms with Gasteiger partial charge in [-0.25, -0.2) is 9.59 Å². The van der Waals surface area contributed by atoms with Gasteiger partial charge in [0, 0.05) is 12.2 Å². The lowest BCUT2D eigenvalue weighted by Crippen LogP contribution is -1.96. The van der Waals surface area contributed by atoms with Crippen LogP contribution in [0, 0.1) is 0 Å². The molecule has 0 saturated carbocycles. The first-order valence-corrected chi connectivity index (χ1v) is 3.72. The van der Waals surface area contributed by atoms with Gasteiger partial charge in [0.1, 0.15) is 0 Å². The second-order valence-corrected chi connectivity index (χ2v) is 2.60. The summed E-state index contributed by atoms with van der Waals surface area (Å²) in [5, 5.41) is 8.02. The SMILES string of the molecule is C=C(C)CC(=O)O.O=C1C=CC(=O)O1. The molecule has 0 saturated heterocycles. The molecule has 0 aromatic carbocycles. The minimum absolute atomic E-state index is 0.0833. The fraction of sp³-hybridized carbons (Fsp3) is 0.222. The summed E-state index contributed by atoms with van der Waals surface area (Å²) in [6.45, 7) is 5.10. The predicted molar refractivity (Wildman–Crippen MR) is 47.3 cm³/mol. The molecule has 0 spiro atoms. The lowest BCUT2D eigenvalue weighted by atomic mass is 10.2. The van der Waals surface area contributed by atoms with Gasteiger partial charge >= 0.3 is 17.9 Å². The van der Waals surface area contributed by atoms with E-state index in [1.54, 1.807) is 6.92 Å². The van der Waals surface area contributed by atoms with Gasteiger partial charge in [-0.1, -0.05) is 12.2 Å². The van der Waals surface area contributed by atoms with E-state index in [2.05, 4.69) is 11.3 Å². The van der Waals surface area contributed by atoms with E-state index in [0.29, 0.717) is 5.57 Å². The van der Waals surface area contributed by atoms with Crippen molar-refractivity contribution >= 4 is 17.9 Å². The molecule has 0 atom stereocenters. The maximum atomic E-state index is 9.92. The first kappa shape index (κ1) is 12.1. The number of hydrogen-bond acceptors (Lipinski definition) is 4. The fourth-order valence-corrected chi connectivity index (χ4v) is 0.561. The Morgan fingerprint density at radius 1 is 1.43 bits per heavy atom. The summed E-state index contributed by atoms with van der Waals surface area (Å²) in [5.74, 6) is -1.97. The Morgan fingerprint density at radius 2 is 1.86 bits per heavy atom. The summed E-state index contributed by atoms with van der Waals surface area (Å²) < 4.78 is 3.97. The van der Waals surface area contributed by atoms with Crippen molar-refractivity contribution in [2.75, 3.05) is 0 Å². The Morgan fingerprint density at radius 3 is 1.93 bits per heavy atom. The normalized spacial score (nSPS) is 12.9. The van der Waals surface area contributed by atoms with Crippen molar-refractivity contribution in [3.8, 4) is 0 Å². The van der Waals surface area contributed by atoms with Crippen molar-refractivity contribution in [3.63, 3.8) is 0 Å². The molecule has 76 valence electrons. The highest BCUT2D eigenvalue weighted by molar-refractivity contribution is 6.04. The summed E-state index contributed by atoms with van der Waals surface area (Å²) in [5.41, 5.74) is 0.688. The van der Waals surface area contributed by atoms with Gasteiger partial charge in [-0.15, -0.1) is 0 Å². The second-order valence-electron chi connectivity index (χ2n) is 2.60. The molecule has 0 amide bonds. The maximum Gasteiger partial charge on any atom is 0.338 e. The molecule has 0 aliphatic carbocycles. The van der Waals surface area contributed by atoms with E-state index in [1.165, 1.54) is 0 Å². The molecular weight excluding hydrogens is 188 g/mol. The number of carboxylic acids is 1. The highest BCUT2D eigenvalue weighted by Gasteiger charge is 2.10. The third kappa shape index (κ3) is 6.78. The highest BCUT2D eigenvalue weighted by Crippen LogP contribution is 1.92. The van der Waals surface area contributed by atoms with Crippen LogP contribution in [0.2, 0.25) is 0 Å². The first-order chi connectivity index (χ1) is 6.41. The molecule has 0 bridgehead atoms. The zero-order valence-corrected chi connectivity index (χ0v) is 7.65. The van der Waals surface area contributed by atoms with Gasteiger partial charge in [0.25, 0.3) is 0 Å². The molecule has 1 aliphatic rings. The van der Waals surface area contributed by atoms with Crippen LogP contribution >= 0.6 is 0 Å². The summed E-state index contributed by atoms with van der Waals surface area (Å²) in [6, 6.07) is 0. The Bertz CT molecular complexity index is 272. The van der Waals surface area contributed by atoms with Crippen LogP contribution in [0.25, 0.3) is 0 Å². The predicted octanol–water partition coefficient (Wildman–Crippen LogP) is 0.663. The van der Waals surface area contributed by atoms with Crippen LogP contribution in [0.4, 0.5) is 0 Å².